The number of thiazole rings is 1. The second-order valence-corrected chi connectivity index (χ2v) is 9.42. The minimum atomic E-state index is 0.0791. The fourth-order valence-corrected chi connectivity index (χ4v) is 5.52. The summed E-state index contributed by atoms with van der Waals surface area (Å²) in [6.45, 7) is 5.24. The fourth-order valence-electron chi connectivity index (χ4n) is 4.40. The van der Waals surface area contributed by atoms with Gasteiger partial charge in [-0.15, -0.1) is 0 Å². The number of piperazine rings is 1. The van der Waals surface area contributed by atoms with Gasteiger partial charge in [0.15, 0.2) is 5.13 Å². The van der Waals surface area contributed by atoms with Crippen LogP contribution in [0.1, 0.15) is 29.0 Å². The molecule has 0 aliphatic carbocycles. The Morgan fingerprint density at radius 1 is 0.906 bits per heavy atom. The number of rotatable bonds is 5. The molecule has 1 aliphatic heterocycles. The summed E-state index contributed by atoms with van der Waals surface area (Å²) in [4.78, 5) is 22.4. The van der Waals surface area contributed by atoms with Crippen molar-refractivity contribution in [3.63, 3.8) is 0 Å². The SMILES string of the molecule is Cc1ccc2nc(N3CCN(C(=O)CC(c4ccccc4)c4ccccc4)CC3)sc2c1. The molecule has 3 aromatic carbocycles. The molecule has 0 saturated carbocycles. The van der Waals surface area contributed by atoms with Crippen LogP contribution in [0.3, 0.4) is 0 Å². The van der Waals surface area contributed by atoms with Crippen LogP contribution >= 0.6 is 11.3 Å². The summed E-state index contributed by atoms with van der Waals surface area (Å²) in [6.07, 6.45) is 0.494. The molecular formula is C27H27N3OS. The summed E-state index contributed by atoms with van der Waals surface area (Å²) in [5, 5.41) is 1.06. The normalized spacial score (nSPS) is 14.3. The molecule has 0 N–H and O–H groups in total. The van der Waals surface area contributed by atoms with Crippen LogP contribution in [0, 0.1) is 6.92 Å². The zero-order chi connectivity index (χ0) is 21.9. The van der Waals surface area contributed by atoms with Crippen LogP contribution in [0.25, 0.3) is 10.2 Å². The Hall–Kier alpha value is -3.18. The van der Waals surface area contributed by atoms with Crippen molar-refractivity contribution in [2.24, 2.45) is 0 Å². The maximum atomic E-state index is 13.3. The number of anilines is 1. The fraction of sp³-hybridized carbons (Fsp3) is 0.259. The predicted octanol–water partition coefficient (Wildman–Crippen LogP) is 5.48. The highest BCUT2D eigenvalue weighted by atomic mass is 32.1. The lowest BCUT2D eigenvalue weighted by Crippen LogP contribution is -2.49. The highest BCUT2D eigenvalue weighted by molar-refractivity contribution is 7.22. The molecule has 5 rings (SSSR count). The lowest BCUT2D eigenvalue weighted by Gasteiger charge is -2.35. The van der Waals surface area contributed by atoms with Gasteiger partial charge in [-0.3, -0.25) is 4.79 Å². The molecule has 0 bridgehead atoms. The predicted molar refractivity (Wildman–Crippen MR) is 132 cm³/mol. The minimum absolute atomic E-state index is 0.0791. The molecule has 32 heavy (non-hydrogen) atoms. The van der Waals surface area contributed by atoms with Crippen molar-refractivity contribution in [3.05, 3.63) is 95.6 Å². The number of benzene rings is 3. The number of hydrogen-bond donors (Lipinski definition) is 0. The topological polar surface area (TPSA) is 36.4 Å². The monoisotopic (exact) mass is 441 g/mol. The van der Waals surface area contributed by atoms with E-state index in [1.54, 1.807) is 11.3 Å². The van der Waals surface area contributed by atoms with Gasteiger partial charge in [0.05, 0.1) is 10.2 Å². The van der Waals surface area contributed by atoms with Gasteiger partial charge in [0.25, 0.3) is 0 Å². The van der Waals surface area contributed by atoms with E-state index in [1.807, 2.05) is 41.3 Å². The lowest BCUT2D eigenvalue weighted by molar-refractivity contribution is -0.131. The number of aryl methyl sites for hydroxylation is 1. The maximum Gasteiger partial charge on any atom is 0.223 e. The second kappa shape index (κ2) is 9.13. The second-order valence-electron chi connectivity index (χ2n) is 8.41. The number of amides is 1. The highest BCUT2D eigenvalue weighted by Gasteiger charge is 2.26. The van der Waals surface area contributed by atoms with Crippen molar-refractivity contribution in [1.29, 1.82) is 0 Å². The number of carbonyl (C=O) groups is 1. The third kappa shape index (κ3) is 4.39. The van der Waals surface area contributed by atoms with Crippen LogP contribution in [0.15, 0.2) is 78.9 Å². The maximum absolute atomic E-state index is 13.3. The summed E-state index contributed by atoms with van der Waals surface area (Å²) in [5.41, 5.74) is 4.70. The van der Waals surface area contributed by atoms with E-state index in [4.69, 9.17) is 4.98 Å². The van der Waals surface area contributed by atoms with Gasteiger partial charge in [-0.05, 0) is 35.7 Å². The van der Waals surface area contributed by atoms with E-state index >= 15 is 0 Å². The molecule has 1 amide bonds. The average Bonchev–Trinajstić information content (AvgIpc) is 3.27. The molecule has 0 radical (unpaired) electrons. The summed E-state index contributed by atoms with van der Waals surface area (Å²) < 4.78 is 1.23. The Balaban J connectivity index is 1.27. The van der Waals surface area contributed by atoms with Crippen LogP contribution in [-0.2, 0) is 4.79 Å². The van der Waals surface area contributed by atoms with Crippen LogP contribution in [-0.4, -0.2) is 42.0 Å². The summed E-state index contributed by atoms with van der Waals surface area (Å²) in [7, 11) is 0. The summed E-state index contributed by atoms with van der Waals surface area (Å²) >= 11 is 1.74. The Morgan fingerprint density at radius 2 is 1.53 bits per heavy atom. The summed E-state index contributed by atoms with van der Waals surface area (Å²) in [6, 6.07) is 27.1. The average molecular weight is 442 g/mol. The van der Waals surface area contributed by atoms with Gasteiger partial charge in [-0.25, -0.2) is 4.98 Å². The van der Waals surface area contributed by atoms with Crippen molar-refractivity contribution < 1.29 is 4.79 Å². The van der Waals surface area contributed by atoms with Gasteiger partial charge in [0.2, 0.25) is 5.91 Å². The van der Waals surface area contributed by atoms with Gasteiger partial charge in [-0.2, -0.15) is 0 Å². The van der Waals surface area contributed by atoms with Crippen LogP contribution < -0.4 is 4.90 Å². The number of fused-ring (bicyclic) bond motifs is 1. The molecule has 162 valence electrons. The van der Waals surface area contributed by atoms with E-state index in [-0.39, 0.29) is 11.8 Å². The van der Waals surface area contributed by atoms with Gasteiger partial charge >= 0.3 is 0 Å². The van der Waals surface area contributed by atoms with Gasteiger partial charge in [-0.1, -0.05) is 78.1 Å². The van der Waals surface area contributed by atoms with Crippen LogP contribution in [0.2, 0.25) is 0 Å². The molecule has 1 fully saturated rings. The molecule has 0 spiro atoms. The molecule has 2 heterocycles. The first kappa shape index (κ1) is 20.7. The lowest BCUT2D eigenvalue weighted by atomic mass is 9.88. The van der Waals surface area contributed by atoms with Crippen LogP contribution in [0.5, 0.6) is 0 Å². The first-order chi connectivity index (χ1) is 15.7. The molecule has 4 aromatic rings. The number of carbonyl (C=O) groups excluding carboxylic acids is 1. The Labute approximate surface area is 193 Å². The number of nitrogens with zero attached hydrogens (tertiary/aromatic N) is 3. The van der Waals surface area contributed by atoms with E-state index in [0.717, 1.165) is 36.8 Å². The van der Waals surface area contributed by atoms with Gasteiger partial charge in [0.1, 0.15) is 0 Å². The van der Waals surface area contributed by atoms with Crippen molar-refractivity contribution in [1.82, 2.24) is 9.88 Å². The molecule has 5 heteroatoms. The van der Waals surface area contributed by atoms with E-state index in [9.17, 15) is 4.79 Å². The molecule has 1 aromatic heterocycles. The zero-order valence-corrected chi connectivity index (χ0v) is 19.1. The van der Waals surface area contributed by atoms with E-state index in [0.29, 0.717) is 6.42 Å². The molecule has 0 unspecified atom stereocenters. The number of hydrogen-bond acceptors (Lipinski definition) is 4. The van der Waals surface area contributed by atoms with Crippen molar-refractivity contribution in [3.8, 4) is 0 Å². The van der Waals surface area contributed by atoms with E-state index < -0.39 is 0 Å². The number of aromatic nitrogens is 1. The molecular weight excluding hydrogens is 414 g/mol. The van der Waals surface area contributed by atoms with Gasteiger partial charge in [0, 0.05) is 38.5 Å². The quantitative estimate of drug-likeness (QED) is 0.412. The van der Waals surface area contributed by atoms with Crippen LogP contribution in [0.4, 0.5) is 5.13 Å². The first-order valence-electron chi connectivity index (χ1n) is 11.2. The summed E-state index contributed by atoms with van der Waals surface area (Å²) in [5.74, 6) is 0.303. The smallest absolute Gasteiger partial charge is 0.223 e. The van der Waals surface area contributed by atoms with E-state index in [1.165, 1.54) is 21.4 Å². The molecule has 4 nitrogen and oxygen atoms in total. The van der Waals surface area contributed by atoms with Crippen molar-refractivity contribution in [2.75, 3.05) is 31.1 Å². The van der Waals surface area contributed by atoms with Crippen molar-refractivity contribution in [2.45, 2.75) is 19.3 Å². The Kier molecular flexibility index (Phi) is 5.91. The minimum Gasteiger partial charge on any atom is -0.345 e. The first-order valence-corrected chi connectivity index (χ1v) is 12.0. The zero-order valence-electron chi connectivity index (χ0n) is 18.3. The highest BCUT2D eigenvalue weighted by Crippen LogP contribution is 2.31. The third-order valence-electron chi connectivity index (χ3n) is 6.22. The Morgan fingerprint density at radius 3 is 2.16 bits per heavy atom. The third-order valence-corrected chi connectivity index (χ3v) is 7.30. The molecule has 1 saturated heterocycles. The largest absolute Gasteiger partial charge is 0.345 e. The standard InChI is InChI=1S/C27H27N3OS/c1-20-12-13-24-25(18-20)32-27(28-24)30-16-14-29(15-17-30)26(31)19-23(21-8-4-2-5-9-21)22-10-6-3-7-11-22/h2-13,18,23H,14-17,19H2,1H3. The van der Waals surface area contributed by atoms with E-state index in [2.05, 4.69) is 54.3 Å². The van der Waals surface area contributed by atoms with Crippen molar-refractivity contribution >= 4 is 32.6 Å². The van der Waals surface area contributed by atoms with Gasteiger partial charge < -0.3 is 9.80 Å². The molecule has 0 atom stereocenters. The molecule has 1 aliphatic rings. The Bertz CT molecular complexity index is 1160.